The predicted molar refractivity (Wildman–Crippen MR) is 151 cm³/mol. The Hall–Kier alpha value is -3.63. The quantitative estimate of drug-likeness (QED) is 0.229. The van der Waals surface area contributed by atoms with Crippen LogP contribution in [0.5, 0.6) is 28.7 Å². The molecule has 1 aliphatic rings. The lowest BCUT2D eigenvalue weighted by atomic mass is 9.99. The van der Waals surface area contributed by atoms with Crippen molar-refractivity contribution in [1.82, 2.24) is 10.4 Å². The van der Waals surface area contributed by atoms with Gasteiger partial charge in [-0.15, -0.1) is 0 Å². The number of urea groups is 1. The second kappa shape index (κ2) is 14.7. The molecule has 1 heterocycles. The molecule has 1 saturated heterocycles. The minimum absolute atomic E-state index is 0.151. The van der Waals surface area contributed by atoms with Crippen molar-refractivity contribution in [2.75, 3.05) is 35.0 Å². The van der Waals surface area contributed by atoms with Gasteiger partial charge in [-0.1, -0.05) is 13.0 Å². The molecule has 0 aromatic heterocycles. The molecule has 0 saturated carbocycles. The van der Waals surface area contributed by atoms with Crippen molar-refractivity contribution in [3.63, 3.8) is 0 Å². The van der Waals surface area contributed by atoms with E-state index in [0.717, 1.165) is 36.0 Å². The summed E-state index contributed by atoms with van der Waals surface area (Å²) < 4.78 is 34.8. The van der Waals surface area contributed by atoms with E-state index in [0.29, 0.717) is 46.8 Å². The number of nitrogens with zero attached hydrogens (tertiary/aromatic N) is 1. The van der Waals surface area contributed by atoms with E-state index in [9.17, 15) is 10.0 Å². The zero-order chi connectivity index (χ0) is 29.2. The first-order valence-electron chi connectivity index (χ1n) is 13.5. The van der Waals surface area contributed by atoms with Crippen LogP contribution >= 0.6 is 0 Å². The highest BCUT2D eigenvalue weighted by Gasteiger charge is 2.31. The van der Waals surface area contributed by atoms with E-state index in [1.165, 1.54) is 6.20 Å². The number of carbonyl (C=O) groups excluding carboxylic acids is 1. The molecule has 0 bridgehead atoms. The zero-order valence-electron chi connectivity index (χ0n) is 24.5. The molecule has 2 aromatic carbocycles. The van der Waals surface area contributed by atoms with Gasteiger partial charge in [-0.25, -0.2) is 9.86 Å². The Labute approximate surface area is 236 Å². The normalized spacial score (nSPS) is 16.7. The van der Waals surface area contributed by atoms with Gasteiger partial charge in [0.2, 0.25) is 5.75 Å². The van der Waals surface area contributed by atoms with Crippen LogP contribution in [-0.4, -0.2) is 57.4 Å². The van der Waals surface area contributed by atoms with E-state index in [-0.39, 0.29) is 18.2 Å². The SMILES string of the molecule is CCCOc1c(C/C=C/NC(=O)N(O)C(C)C)cc(C2CCC(c3cc(OC)c(OC)c(OC)c3)O2)cc1OC. The number of hydroxylamine groups is 2. The number of nitrogens with one attached hydrogen (secondary N) is 1. The van der Waals surface area contributed by atoms with Gasteiger partial charge in [-0.3, -0.25) is 5.21 Å². The first-order valence-corrected chi connectivity index (χ1v) is 13.5. The largest absolute Gasteiger partial charge is 0.493 e. The van der Waals surface area contributed by atoms with E-state index in [1.807, 2.05) is 25.1 Å². The van der Waals surface area contributed by atoms with Gasteiger partial charge >= 0.3 is 6.03 Å². The number of hydrogen-bond acceptors (Lipinski definition) is 8. The van der Waals surface area contributed by atoms with Gasteiger partial charge in [-0.2, -0.15) is 0 Å². The fraction of sp³-hybridized carbons (Fsp3) is 0.500. The molecule has 0 spiro atoms. The fourth-order valence-corrected chi connectivity index (χ4v) is 4.57. The summed E-state index contributed by atoms with van der Waals surface area (Å²) in [6, 6.07) is 6.95. The third-order valence-corrected chi connectivity index (χ3v) is 6.63. The molecule has 1 fully saturated rings. The molecule has 2 unspecified atom stereocenters. The minimum Gasteiger partial charge on any atom is -0.493 e. The summed E-state index contributed by atoms with van der Waals surface area (Å²) in [4.78, 5) is 12.0. The van der Waals surface area contributed by atoms with Crippen LogP contribution in [-0.2, 0) is 11.2 Å². The highest BCUT2D eigenvalue weighted by Crippen LogP contribution is 2.47. The average molecular weight is 559 g/mol. The molecule has 2 N–H and O–H groups in total. The molecule has 220 valence electrons. The third-order valence-electron chi connectivity index (χ3n) is 6.63. The Morgan fingerprint density at radius 3 is 2.02 bits per heavy atom. The molecule has 0 aliphatic carbocycles. The van der Waals surface area contributed by atoms with E-state index in [2.05, 4.69) is 11.4 Å². The van der Waals surface area contributed by atoms with Gasteiger partial charge in [0.05, 0.1) is 53.3 Å². The van der Waals surface area contributed by atoms with Gasteiger partial charge in [0.25, 0.3) is 0 Å². The summed E-state index contributed by atoms with van der Waals surface area (Å²) in [6.45, 7) is 6.02. The average Bonchev–Trinajstić information content (AvgIpc) is 3.47. The monoisotopic (exact) mass is 558 g/mol. The molecular weight excluding hydrogens is 516 g/mol. The molecule has 0 radical (unpaired) electrons. The number of carbonyl (C=O) groups is 1. The van der Waals surface area contributed by atoms with Crippen molar-refractivity contribution >= 4 is 6.03 Å². The molecule has 10 nitrogen and oxygen atoms in total. The van der Waals surface area contributed by atoms with Crippen LogP contribution in [0.25, 0.3) is 0 Å². The first-order chi connectivity index (χ1) is 19.3. The Bertz CT molecular complexity index is 1140. The first kappa shape index (κ1) is 30.9. The van der Waals surface area contributed by atoms with Crippen molar-refractivity contribution in [2.24, 2.45) is 0 Å². The van der Waals surface area contributed by atoms with E-state index in [4.69, 9.17) is 28.4 Å². The maximum atomic E-state index is 12.0. The summed E-state index contributed by atoms with van der Waals surface area (Å²) in [7, 11) is 6.39. The molecule has 3 rings (SSSR count). The topological polar surface area (TPSA) is 108 Å². The lowest BCUT2D eigenvalue weighted by Gasteiger charge is -2.20. The molecular formula is C30H42N2O8. The van der Waals surface area contributed by atoms with Gasteiger partial charge in [0.1, 0.15) is 0 Å². The second-order valence-corrected chi connectivity index (χ2v) is 9.70. The number of allylic oxidation sites excluding steroid dienone is 1. The van der Waals surface area contributed by atoms with Crippen LogP contribution in [0.3, 0.4) is 0 Å². The van der Waals surface area contributed by atoms with Crippen LogP contribution in [0.1, 0.15) is 68.9 Å². The molecule has 2 amide bonds. The lowest BCUT2D eigenvalue weighted by Crippen LogP contribution is -2.39. The highest BCUT2D eigenvalue weighted by atomic mass is 16.5. The van der Waals surface area contributed by atoms with Crippen molar-refractivity contribution in [3.05, 3.63) is 53.2 Å². The van der Waals surface area contributed by atoms with Crippen molar-refractivity contribution < 1.29 is 38.4 Å². The maximum absolute atomic E-state index is 12.0. The highest BCUT2D eigenvalue weighted by molar-refractivity contribution is 5.74. The predicted octanol–water partition coefficient (Wildman–Crippen LogP) is 5.97. The van der Waals surface area contributed by atoms with E-state index < -0.39 is 6.03 Å². The zero-order valence-corrected chi connectivity index (χ0v) is 24.5. The Kier molecular flexibility index (Phi) is 11.3. The number of amides is 2. The molecule has 10 heteroatoms. The minimum atomic E-state index is -0.600. The van der Waals surface area contributed by atoms with Crippen LogP contribution in [0, 0.1) is 0 Å². The van der Waals surface area contributed by atoms with Gasteiger partial charge < -0.3 is 33.7 Å². The molecule has 1 aliphatic heterocycles. The van der Waals surface area contributed by atoms with Gasteiger partial charge in [0.15, 0.2) is 23.0 Å². The Balaban J connectivity index is 1.85. The summed E-state index contributed by atoms with van der Waals surface area (Å²) in [5, 5.41) is 13.0. The van der Waals surface area contributed by atoms with Gasteiger partial charge in [0, 0.05) is 11.8 Å². The number of hydrogen-bond donors (Lipinski definition) is 2. The van der Waals surface area contributed by atoms with Crippen LogP contribution in [0.15, 0.2) is 36.5 Å². The summed E-state index contributed by atoms with van der Waals surface area (Å²) in [5.74, 6) is 3.00. The van der Waals surface area contributed by atoms with Crippen molar-refractivity contribution in [3.8, 4) is 28.7 Å². The van der Waals surface area contributed by atoms with E-state index in [1.54, 1.807) is 48.4 Å². The van der Waals surface area contributed by atoms with Crippen LogP contribution in [0.4, 0.5) is 4.79 Å². The van der Waals surface area contributed by atoms with Crippen LogP contribution in [0.2, 0.25) is 0 Å². The number of ether oxygens (including phenoxy) is 6. The summed E-state index contributed by atoms with van der Waals surface area (Å²) in [5.41, 5.74) is 2.83. The number of benzene rings is 2. The standard InChI is InChI=1S/C30H42N2O8/c1-8-14-39-28-20(10-9-13-31-30(33)32(34)19(2)3)15-21(16-25(28)35-4)23-11-12-24(40-23)22-17-26(36-5)29(38-7)27(18-22)37-6/h9,13,15-19,23-24,34H,8,10-12,14H2,1-7H3,(H,31,33)/b13-9+. The lowest BCUT2D eigenvalue weighted by molar-refractivity contribution is -0.0665. The van der Waals surface area contributed by atoms with Crippen molar-refractivity contribution in [1.29, 1.82) is 0 Å². The van der Waals surface area contributed by atoms with Crippen molar-refractivity contribution in [2.45, 2.75) is 64.7 Å². The molecule has 40 heavy (non-hydrogen) atoms. The molecule has 2 atom stereocenters. The smallest absolute Gasteiger partial charge is 0.345 e. The van der Waals surface area contributed by atoms with Gasteiger partial charge in [-0.05, 0) is 74.9 Å². The maximum Gasteiger partial charge on any atom is 0.345 e. The summed E-state index contributed by atoms with van der Waals surface area (Å²) in [6.07, 6.45) is 5.96. The Morgan fingerprint density at radius 1 is 0.975 bits per heavy atom. The fourth-order valence-electron chi connectivity index (χ4n) is 4.57. The number of methoxy groups -OCH3 is 4. The molecule has 2 aromatic rings. The van der Waals surface area contributed by atoms with E-state index >= 15 is 0 Å². The van der Waals surface area contributed by atoms with Crippen LogP contribution < -0.4 is 29.0 Å². The Morgan fingerprint density at radius 2 is 1.52 bits per heavy atom. The third kappa shape index (κ3) is 7.31. The second-order valence-electron chi connectivity index (χ2n) is 9.70. The summed E-state index contributed by atoms with van der Waals surface area (Å²) >= 11 is 0. The number of rotatable bonds is 13.